The molecule has 0 bridgehead atoms. The Morgan fingerprint density at radius 2 is 2.30 bits per heavy atom. The Labute approximate surface area is 120 Å². The smallest absolute Gasteiger partial charge is 0.317 e. The summed E-state index contributed by atoms with van der Waals surface area (Å²) in [5.41, 5.74) is 2.37. The molecule has 0 spiro atoms. The Morgan fingerprint density at radius 3 is 2.90 bits per heavy atom. The van der Waals surface area contributed by atoms with Gasteiger partial charge < -0.3 is 20.3 Å². The molecule has 1 saturated heterocycles. The molecule has 1 atom stereocenters. The fraction of sp³-hybridized carbons (Fsp3) is 0.533. The Hall–Kier alpha value is -1.75. The van der Waals surface area contributed by atoms with Crippen LogP contribution in [0.4, 0.5) is 4.79 Å². The summed E-state index contributed by atoms with van der Waals surface area (Å²) in [5.74, 6) is 0.886. The van der Waals surface area contributed by atoms with Gasteiger partial charge in [-0.1, -0.05) is 12.1 Å². The minimum atomic E-state index is 0.00325. The van der Waals surface area contributed by atoms with Crippen LogP contribution in [0.1, 0.15) is 24.1 Å². The van der Waals surface area contributed by atoms with Crippen molar-refractivity contribution >= 4 is 6.03 Å². The van der Waals surface area contributed by atoms with Gasteiger partial charge in [-0.25, -0.2) is 4.79 Å². The number of urea groups is 1. The Balaban J connectivity index is 1.88. The first-order valence-electron chi connectivity index (χ1n) is 7.05. The molecule has 0 aromatic heterocycles. The highest BCUT2D eigenvalue weighted by atomic mass is 16.5. The van der Waals surface area contributed by atoms with Crippen molar-refractivity contribution < 1.29 is 9.53 Å². The highest BCUT2D eigenvalue weighted by Gasteiger charge is 2.18. The molecule has 0 saturated carbocycles. The summed E-state index contributed by atoms with van der Waals surface area (Å²) in [7, 11) is 1.95. The lowest BCUT2D eigenvalue weighted by Gasteiger charge is -2.17. The van der Waals surface area contributed by atoms with E-state index in [-0.39, 0.29) is 6.03 Å². The van der Waals surface area contributed by atoms with Crippen LogP contribution in [-0.4, -0.2) is 44.2 Å². The standard InChI is InChI=1S/C15H23N3O2/c1-11-10-13(12(2)16-3)4-5-14(11)20-9-8-18-7-6-17-15(18)19/h4-5,10,12,16H,6-9H2,1-3H3,(H,17,19). The Kier molecular flexibility index (Phi) is 4.84. The summed E-state index contributed by atoms with van der Waals surface area (Å²) in [6.07, 6.45) is 0. The van der Waals surface area contributed by atoms with E-state index in [1.807, 2.05) is 20.0 Å². The van der Waals surface area contributed by atoms with Crippen LogP contribution in [0.15, 0.2) is 18.2 Å². The fourth-order valence-corrected chi connectivity index (χ4v) is 2.26. The van der Waals surface area contributed by atoms with Crippen LogP contribution in [0.2, 0.25) is 0 Å². The van der Waals surface area contributed by atoms with Crippen molar-refractivity contribution in [3.05, 3.63) is 29.3 Å². The maximum Gasteiger partial charge on any atom is 0.317 e. The van der Waals surface area contributed by atoms with Crippen molar-refractivity contribution in [2.45, 2.75) is 19.9 Å². The average molecular weight is 277 g/mol. The van der Waals surface area contributed by atoms with E-state index in [4.69, 9.17) is 4.74 Å². The number of aryl methyl sites for hydroxylation is 1. The van der Waals surface area contributed by atoms with E-state index >= 15 is 0 Å². The number of nitrogens with one attached hydrogen (secondary N) is 2. The fourth-order valence-electron chi connectivity index (χ4n) is 2.26. The van der Waals surface area contributed by atoms with E-state index in [0.717, 1.165) is 24.4 Å². The largest absolute Gasteiger partial charge is 0.491 e. The second-order valence-corrected chi connectivity index (χ2v) is 5.10. The van der Waals surface area contributed by atoms with Crippen molar-refractivity contribution in [3.8, 4) is 5.75 Å². The maximum atomic E-state index is 11.4. The number of carbonyl (C=O) groups is 1. The van der Waals surface area contributed by atoms with Gasteiger partial charge in [-0.2, -0.15) is 0 Å². The zero-order valence-corrected chi connectivity index (χ0v) is 12.4. The molecule has 2 amide bonds. The molecule has 0 radical (unpaired) electrons. The van der Waals surface area contributed by atoms with E-state index in [2.05, 4.69) is 29.7 Å². The van der Waals surface area contributed by atoms with Crippen LogP contribution in [0, 0.1) is 6.92 Å². The predicted molar refractivity (Wildman–Crippen MR) is 79.1 cm³/mol. The lowest BCUT2D eigenvalue weighted by Crippen LogP contribution is -2.31. The van der Waals surface area contributed by atoms with Crippen molar-refractivity contribution in [3.63, 3.8) is 0 Å². The first-order chi connectivity index (χ1) is 9.61. The first kappa shape index (κ1) is 14.7. The van der Waals surface area contributed by atoms with Gasteiger partial charge >= 0.3 is 6.03 Å². The number of ether oxygens (including phenoxy) is 1. The molecule has 1 aliphatic rings. The number of rotatable bonds is 6. The Bertz CT molecular complexity index is 476. The third-order valence-electron chi connectivity index (χ3n) is 3.70. The molecule has 110 valence electrons. The molecule has 1 aliphatic heterocycles. The van der Waals surface area contributed by atoms with Gasteiger partial charge in [-0.05, 0) is 38.1 Å². The molecule has 1 unspecified atom stereocenters. The predicted octanol–water partition coefficient (Wildman–Crippen LogP) is 1.68. The third-order valence-corrected chi connectivity index (χ3v) is 3.70. The van der Waals surface area contributed by atoms with E-state index in [9.17, 15) is 4.79 Å². The number of hydrogen-bond donors (Lipinski definition) is 2. The summed E-state index contributed by atoms with van der Waals surface area (Å²) >= 11 is 0. The molecule has 1 aromatic rings. The lowest BCUT2D eigenvalue weighted by molar-refractivity contribution is 0.202. The molecular formula is C15H23N3O2. The summed E-state index contributed by atoms with van der Waals surface area (Å²) < 4.78 is 5.77. The van der Waals surface area contributed by atoms with Gasteiger partial charge in [0.2, 0.25) is 0 Å². The van der Waals surface area contributed by atoms with Crippen LogP contribution in [0.25, 0.3) is 0 Å². The van der Waals surface area contributed by atoms with E-state index < -0.39 is 0 Å². The van der Waals surface area contributed by atoms with Crippen LogP contribution < -0.4 is 15.4 Å². The van der Waals surface area contributed by atoms with Gasteiger partial charge in [0.1, 0.15) is 12.4 Å². The molecule has 0 aliphatic carbocycles. The normalized spacial score (nSPS) is 16.1. The summed E-state index contributed by atoms with van der Waals surface area (Å²) in [6.45, 7) is 6.81. The highest BCUT2D eigenvalue weighted by molar-refractivity contribution is 5.76. The van der Waals surface area contributed by atoms with Crippen LogP contribution >= 0.6 is 0 Å². The minimum Gasteiger partial charge on any atom is -0.491 e. The van der Waals surface area contributed by atoms with Crippen LogP contribution in [-0.2, 0) is 0 Å². The molecule has 1 aromatic carbocycles. The molecular weight excluding hydrogens is 254 g/mol. The van der Waals surface area contributed by atoms with Gasteiger partial charge in [-0.15, -0.1) is 0 Å². The number of nitrogens with zero attached hydrogens (tertiary/aromatic N) is 1. The number of hydrogen-bond acceptors (Lipinski definition) is 3. The second kappa shape index (κ2) is 6.61. The van der Waals surface area contributed by atoms with Crippen molar-refractivity contribution in [2.75, 3.05) is 33.3 Å². The quantitative estimate of drug-likeness (QED) is 0.832. The maximum absolute atomic E-state index is 11.4. The van der Waals surface area contributed by atoms with Crippen molar-refractivity contribution in [1.29, 1.82) is 0 Å². The number of amides is 2. The molecule has 1 fully saturated rings. The van der Waals surface area contributed by atoms with Gasteiger partial charge in [-0.3, -0.25) is 0 Å². The zero-order valence-electron chi connectivity index (χ0n) is 12.4. The van der Waals surface area contributed by atoms with Crippen LogP contribution in [0.3, 0.4) is 0 Å². The highest BCUT2D eigenvalue weighted by Crippen LogP contribution is 2.22. The molecule has 1 heterocycles. The summed E-state index contributed by atoms with van der Waals surface area (Å²) in [6, 6.07) is 6.55. The first-order valence-corrected chi connectivity index (χ1v) is 7.05. The molecule has 2 N–H and O–H groups in total. The Morgan fingerprint density at radius 1 is 1.50 bits per heavy atom. The monoisotopic (exact) mass is 277 g/mol. The third kappa shape index (κ3) is 3.42. The molecule has 5 heteroatoms. The van der Waals surface area contributed by atoms with E-state index in [0.29, 0.717) is 19.2 Å². The molecule has 20 heavy (non-hydrogen) atoms. The average Bonchev–Trinajstić information content (AvgIpc) is 2.85. The SMILES string of the molecule is CNC(C)c1ccc(OCCN2CCNC2=O)c(C)c1. The van der Waals surface area contributed by atoms with Gasteiger partial charge in [0.25, 0.3) is 0 Å². The summed E-state index contributed by atoms with van der Waals surface area (Å²) in [4.78, 5) is 13.2. The lowest BCUT2D eigenvalue weighted by atomic mass is 10.1. The topological polar surface area (TPSA) is 53.6 Å². The van der Waals surface area contributed by atoms with E-state index in [1.54, 1.807) is 4.90 Å². The summed E-state index contributed by atoms with van der Waals surface area (Å²) in [5, 5.41) is 6.00. The van der Waals surface area contributed by atoms with Crippen LogP contribution in [0.5, 0.6) is 5.75 Å². The van der Waals surface area contributed by atoms with Gasteiger partial charge in [0, 0.05) is 19.1 Å². The minimum absolute atomic E-state index is 0.00325. The number of carbonyl (C=O) groups excluding carboxylic acids is 1. The van der Waals surface area contributed by atoms with Gasteiger partial charge in [0.05, 0.1) is 6.54 Å². The molecule has 2 rings (SSSR count). The second-order valence-electron chi connectivity index (χ2n) is 5.10. The van der Waals surface area contributed by atoms with Crippen molar-refractivity contribution in [1.82, 2.24) is 15.5 Å². The zero-order chi connectivity index (χ0) is 14.5. The number of benzene rings is 1. The molecule has 5 nitrogen and oxygen atoms in total. The van der Waals surface area contributed by atoms with Crippen molar-refractivity contribution in [2.24, 2.45) is 0 Å². The van der Waals surface area contributed by atoms with E-state index in [1.165, 1.54) is 5.56 Å². The van der Waals surface area contributed by atoms with Gasteiger partial charge in [0.15, 0.2) is 0 Å².